The summed E-state index contributed by atoms with van der Waals surface area (Å²) in [4.78, 5) is 26.7. The Morgan fingerprint density at radius 1 is 1.03 bits per heavy atom. The van der Waals surface area contributed by atoms with Crippen LogP contribution in [-0.4, -0.2) is 41.1 Å². The summed E-state index contributed by atoms with van der Waals surface area (Å²) in [6, 6.07) is 16.4. The number of aromatic hydroxyl groups is 1. The molecule has 0 aliphatic rings. The van der Waals surface area contributed by atoms with E-state index in [4.69, 9.17) is 0 Å². The number of hydrogen-bond acceptors (Lipinski definition) is 4. The van der Waals surface area contributed by atoms with Crippen molar-refractivity contribution in [2.75, 3.05) is 13.1 Å². The fourth-order valence-corrected chi connectivity index (χ4v) is 3.52. The van der Waals surface area contributed by atoms with Crippen molar-refractivity contribution in [1.82, 2.24) is 10.3 Å². The number of likely N-dealkylation sites (N-methyl/N-ethyl adjacent to an activating group) is 1. The number of phenolic OH excluding ortho intramolecular Hbond substituents is 1. The molecular weight excluding hydrogens is 390 g/mol. The number of nitrogens with zero attached hydrogens (tertiary/aromatic N) is 2. The van der Waals surface area contributed by atoms with Crippen molar-refractivity contribution < 1.29 is 14.7 Å². The summed E-state index contributed by atoms with van der Waals surface area (Å²) >= 11 is 0. The maximum absolute atomic E-state index is 12.6. The molecule has 31 heavy (non-hydrogen) atoms. The maximum Gasteiger partial charge on any atom is 0.271 e. The van der Waals surface area contributed by atoms with Gasteiger partial charge in [0.1, 0.15) is 5.75 Å². The van der Waals surface area contributed by atoms with Crippen LogP contribution in [0.2, 0.25) is 0 Å². The second-order valence-corrected chi connectivity index (χ2v) is 7.30. The number of nitrogens with one attached hydrogen (secondary N) is 1. The van der Waals surface area contributed by atoms with E-state index in [9.17, 15) is 14.7 Å². The van der Waals surface area contributed by atoms with Crippen molar-refractivity contribution in [3.05, 3.63) is 76.9 Å². The molecule has 3 aromatic carbocycles. The van der Waals surface area contributed by atoms with Crippen molar-refractivity contribution in [3.8, 4) is 5.75 Å². The SMILES string of the molecule is CCN(CC)C(=O)Cc1ccc(/C=N/NC(=O)c2ccc(O)c(C)c2)c2ccccc12. The third kappa shape index (κ3) is 5.09. The van der Waals surface area contributed by atoms with E-state index in [-0.39, 0.29) is 17.6 Å². The molecule has 0 bridgehead atoms. The lowest BCUT2D eigenvalue weighted by molar-refractivity contribution is -0.130. The second kappa shape index (κ2) is 9.89. The zero-order valence-corrected chi connectivity index (χ0v) is 18.1. The molecule has 160 valence electrons. The summed E-state index contributed by atoms with van der Waals surface area (Å²) in [5.41, 5.74) is 5.38. The number of hydrazone groups is 1. The number of rotatable bonds is 7. The second-order valence-electron chi connectivity index (χ2n) is 7.30. The van der Waals surface area contributed by atoms with Crippen LogP contribution in [0.1, 0.15) is 40.9 Å². The van der Waals surface area contributed by atoms with Crippen molar-refractivity contribution >= 4 is 28.8 Å². The molecule has 6 heteroatoms. The highest BCUT2D eigenvalue weighted by atomic mass is 16.3. The number of phenols is 1. The summed E-state index contributed by atoms with van der Waals surface area (Å²) in [6.07, 6.45) is 1.94. The van der Waals surface area contributed by atoms with Crippen LogP contribution in [0.5, 0.6) is 5.75 Å². The molecule has 0 atom stereocenters. The highest BCUT2D eigenvalue weighted by molar-refractivity contribution is 6.03. The first-order valence-corrected chi connectivity index (χ1v) is 10.4. The zero-order chi connectivity index (χ0) is 22.4. The van der Waals surface area contributed by atoms with Crippen LogP contribution in [0.25, 0.3) is 10.8 Å². The number of benzene rings is 3. The van der Waals surface area contributed by atoms with Crippen molar-refractivity contribution in [3.63, 3.8) is 0 Å². The average Bonchev–Trinajstić information content (AvgIpc) is 2.77. The van der Waals surface area contributed by atoms with Crippen LogP contribution in [0.3, 0.4) is 0 Å². The minimum absolute atomic E-state index is 0.105. The monoisotopic (exact) mass is 417 g/mol. The number of aryl methyl sites for hydroxylation is 1. The summed E-state index contributed by atoms with van der Waals surface area (Å²) in [7, 11) is 0. The van der Waals surface area contributed by atoms with E-state index in [1.54, 1.807) is 25.3 Å². The van der Waals surface area contributed by atoms with E-state index < -0.39 is 0 Å². The Kier molecular flexibility index (Phi) is 7.03. The summed E-state index contributed by atoms with van der Waals surface area (Å²) in [5, 5.41) is 15.7. The molecule has 0 aliphatic carbocycles. The smallest absolute Gasteiger partial charge is 0.271 e. The number of carbonyl (C=O) groups excluding carboxylic acids is 2. The fourth-order valence-electron chi connectivity index (χ4n) is 3.52. The third-order valence-corrected chi connectivity index (χ3v) is 5.33. The zero-order valence-electron chi connectivity index (χ0n) is 18.1. The van der Waals surface area contributed by atoms with E-state index in [0.29, 0.717) is 30.6 Å². The van der Waals surface area contributed by atoms with Crippen LogP contribution >= 0.6 is 0 Å². The van der Waals surface area contributed by atoms with Gasteiger partial charge in [0.2, 0.25) is 5.91 Å². The Morgan fingerprint density at radius 3 is 2.42 bits per heavy atom. The van der Waals surface area contributed by atoms with Gasteiger partial charge >= 0.3 is 0 Å². The molecule has 0 aromatic heterocycles. The van der Waals surface area contributed by atoms with E-state index in [2.05, 4.69) is 10.5 Å². The van der Waals surface area contributed by atoms with Crippen LogP contribution in [0, 0.1) is 6.92 Å². The van der Waals surface area contributed by atoms with Gasteiger partial charge in [-0.05, 0) is 60.9 Å². The Bertz CT molecular complexity index is 1130. The Morgan fingerprint density at radius 2 is 1.74 bits per heavy atom. The topological polar surface area (TPSA) is 82.0 Å². The molecule has 0 radical (unpaired) electrons. The molecule has 0 heterocycles. The van der Waals surface area contributed by atoms with Crippen molar-refractivity contribution in [2.24, 2.45) is 5.10 Å². The first-order valence-electron chi connectivity index (χ1n) is 10.4. The highest BCUT2D eigenvalue weighted by Crippen LogP contribution is 2.23. The molecule has 0 fully saturated rings. The largest absolute Gasteiger partial charge is 0.508 e. The van der Waals surface area contributed by atoms with Crippen molar-refractivity contribution in [1.29, 1.82) is 0 Å². The van der Waals surface area contributed by atoms with E-state index in [0.717, 1.165) is 21.9 Å². The minimum atomic E-state index is -0.356. The molecule has 2 amide bonds. The van der Waals surface area contributed by atoms with Crippen LogP contribution in [-0.2, 0) is 11.2 Å². The van der Waals surface area contributed by atoms with Gasteiger partial charge in [0, 0.05) is 24.2 Å². The molecule has 6 nitrogen and oxygen atoms in total. The van der Waals surface area contributed by atoms with Gasteiger partial charge in [-0.3, -0.25) is 9.59 Å². The van der Waals surface area contributed by atoms with E-state index in [1.807, 2.05) is 55.1 Å². The van der Waals surface area contributed by atoms with Gasteiger partial charge in [-0.2, -0.15) is 5.10 Å². The standard InChI is InChI=1S/C25H27N3O3/c1-4-28(5-2)24(30)15-18-10-11-20(22-9-7-6-8-21(18)22)16-26-27-25(31)19-12-13-23(29)17(3)14-19/h6-14,16,29H,4-5,15H2,1-3H3,(H,27,31)/b26-16+. The van der Waals surface area contributed by atoms with Gasteiger partial charge in [-0.1, -0.05) is 36.4 Å². The molecule has 3 aromatic rings. The number of carbonyl (C=O) groups is 2. The molecule has 0 saturated heterocycles. The number of amides is 2. The van der Waals surface area contributed by atoms with Gasteiger partial charge < -0.3 is 10.0 Å². The third-order valence-electron chi connectivity index (χ3n) is 5.33. The van der Waals surface area contributed by atoms with Crippen LogP contribution < -0.4 is 5.43 Å². The first kappa shape index (κ1) is 22.0. The predicted molar refractivity (Wildman–Crippen MR) is 123 cm³/mol. The summed E-state index contributed by atoms with van der Waals surface area (Å²) < 4.78 is 0. The maximum atomic E-state index is 12.6. The molecule has 0 unspecified atom stereocenters. The van der Waals surface area contributed by atoms with Crippen molar-refractivity contribution in [2.45, 2.75) is 27.2 Å². The molecule has 3 rings (SSSR count). The van der Waals surface area contributed by atoms with E-state index in [1.165, 1.54) is 6.07 Å². The van der Waals surface area contributed by atoms with Crippen LogP contribution in [0.4, 0.5) is 0 Å². The number of fused-ring (bicyclic) bond motifs is 1. The predicted octanol–water partition coefficient (Wildman–Crippen LogP) is 4.03. The fraction of sp³-hybridized carbons (Fsp3) is 0.240. The summed E-state index contributed by atoms with van der Waals surface area (Å²) in [5.74, 6) is -0.107. The molecular formula is C25H27N3O3. The minimum Gasteiger partial charge on any atom is -0.508 e. The molecule has 2 N–H and O–H groups in total. The van der Waals surface area contributed by atoms with Gasteiger partial charge in [0.15, 0.2) is 0 Å². The highest BCUT2D eigenvalue weighted by Gasteiger charge is 2.13. The Balaban J connectivity index is 1.81. The Hall–Kier alpha value is -3.67. The van der Waals surface area contributed by atoms with Gasteiger partial charge in [-0.15, -0.1) is 0 Å². The lowest BCUT2D eigenvalue weighted by Gasteiger charge is -2.19. The van der Waals surface area contributed by atoms with E-state index >= 15 is 0 Å². The molecule has 0 aliphatic heterocycles. The lowest BCUT2D eigenvalue weighted by atomic mass is 9.98. The quantitative estimate of drug-likeness (QED) is 0.450. The van der Waals surface area contributed by atoms with Gasteiger partial charge in [0.05, 0.1) is 12.6 Å². The first-order chi connectivity index (χ1) is 14.9. The van der Waals surface area contributed by atoms with Gasteiger partial charge in [0.25, 0.3) is 5.91 Å². The molecule has 0 saturated carbocycles. The molecule has 0 spiro atoms. The Labute approximate surface area is 182 Å². The summed E-state index contributed by atoms with van der Waals surface area (Å²) in [6.45, 7) is 7.07. The average molecular weight is 418 g/mol. The normalized spacial score (nSPS) is 11.1. The van der Waals surface area contributed by atoms with Crippen LogP contribution in [0.15, 0.2) is 59.7 Å². The number of hydrogen-bond donors (Lipinski definition) is 2. The lowest BCUT2D eigenvalue weighted by Crippen LogP contribution is -2.31. The van der Waals surface area contributed by atoms with Gasteiger partial charge in [-0.25, -0.2) is 5.43 Å².